The first-order valence-corrected chi connectivity index (χ1v) is 14.7. The molecule has 2 unspecified atom stereocenters. The molecule has 0 saturated carbocycles. The second-order valence-corrected chi connectivity index (χ2v) is 11.9. The number of pyridine rings is 1. The van der Waals surface area contributed by atoms with Crippen molar-refractivity contribution >= 4 is 34.2 Å². The summed E-state index contributed by atoms with van der Waals surface area (Å²) in [6, 6.07) is 2.28. The van der Waals surface area contributed by atoms with Crippen molar-refractivity contribution in [3.63, 3.8) is 0 Å². The molecule has 2 atom stereocenters. The van der Waals surface area contributed by atoms with Gasteiger partial charge in [-0.2, -0.15) is 4.98 Å². The van der Waals surface area contributed by atoms with Crippen molar-refractivity contribution < 1.29 is 27.8 Å². The summed E-state index contributed by atoms with van der Waals surface area (Å²) in [5.74, 6) is -5.45. The maximum Gasteiger partial charge on any atom is 0.354 e. The van der Waals surface area contributed by atoms with E-state index in [1.54, 1.807) is 29.0 Å². The number of phenols is 1. The summed E-state index contributed by atoms with van der Waals surface area (Å²) in [6.07, 6.45) is 2.77. The van der Waals surface area contributed by atoms with E-state index in [1.807, 2.05) is 20.8 Å². The van der Waals surface area contributed by atoms with E-state index in [2.05, 4.69) is 16.5 Å². The highest BCUT2D eigenvalue weighted by molar-refractivity contribution is 6.36. The Morgan fingerprint density at radius 1 is 1.18 bits per heavy atom. The highest BCUT2D eigenvalue weighted by Crippen LogP contribution is 2.51. The molecule has 2 aliphatic heterocycles. The van der Waals surface area contributed by atoms with Crippen molar-refractivity contribution in [3.8, 4) is 28.3 Å². The van der Waals surface area contributed by atoms with Gasteiger partial charge in [0.05, 0.1) is 33.4 Å². The summed E-state index contributed by atoms with van der Waals surface area (Å²) >= 11 is 6.80. The van der Waals surface area contributed by atoms with Gasteiger partial charge >= 0.3 is 5.69 Å². The van der Waals surface area contributed by atoms with E-state index >= 15 is 8.78 Å². The minimum atomic E-state index is -1.54. The van der Waals surface area contributed by atoms with Crippen molar-refractivity contribution in [2.24, 2.45) is 0 Å². The van der Waals surface area contributed by atoms with Gasteiger partial charge in [0.25, 0.3) is 0 Å². The van der Waals surface area contributed by atoms with Crippen LogP contribution in [0.2, 0.25) is 5.02 Å². The minimum Gasteiger partial charge on any atom is -0.507 e. The number of aromatic hydroxyl groups is 1. The fraction of sp³-hybridized carbons (Fsp3) is 0.312. The molecule has 234 valence electrons. The van der Waals surface area contributed by atoms with Crippen LogP contribution in [-0.2, 0) is 4.79 Å². The van der Waals surface area contributed by atoms with Crippen molar-refractivity contribution in [1.29, 1.82) is 0 Å². The Kier molecular flexibility index (Phi) is 7.51. The van der Waals surface area contributed by atoms with Crippen molar-refractivity contribution in [3.05, 3.63) is 81.3 Å². The van der Waals surface area contributed by atoms with Crippen molar-refractivity contribution in [2.75, 3.05) is 24.6 Å². The number of hydrogen-bond donors (Lipinski definition) is 1. The average molecular weight is 640 g/mol. The molecule has 2 aliphatic rings. The number of benzene rings is 2. The first kappa shape index (κ1) is 30.4. The third-order valence-electron chi connectivity index (χ3n) is 8.33. The minimum absolute atomic E-state index is 0.0213. The predicted molar refractivity (Wildman–Crippen MR) is 164 cm³/mol. The molecule has 1 fully saturated rings. The number of aromatic nitrogens is 3. The van der Waals surface area contributed by atoms with Crippen LogP contribution in [0.5, 0.6) is 11.5 Å². The zero-order valence-electron chi connectivity index (χ0n) is 24.9. The van der Waals surface area contributed by atoms with E-state index in [0.29, 0.717) is 17.3 Å². The van der Waals surface area contributed by atoms with Crippen LogP contribution in [0.1, 0.15) is 37.9 Å². The molecule has 2 aromatic heterocycles. The standard InChI is InChI=1S/C32H29ClF3N5O4/c1-6-20(43)39-11-16(5)40-17(12-39)13-45-30-23-29(26(36)22(24(30)33)21-19(42)8-7-18(34)25(21)35)41(32(44)38-31(23)40)28-15(4)9-10-37-27(28)14(2)3/h6-10,14,16-17,42H,1,11-13H2,2-5H3. The van der Waals surface area contributed by atoms with Gasteiger partial charge in [-0.05, 0) is 49.6 Å². The van der Waals surface area contributed by atoms with Gasteiger partial charge < -0.3 is 19.6 Å². The summed E-state index contributed by atoms with van der Waals surface area (Å²) in [4.78, 5) is 39.0. The summed E-state index contributed by atoms with van der Waals surface area (Å²) in [5, 5.41) is 10.2. The zero-order chi connectivity index (χ0) is 32.5. The number of fused-ring (bicyclic) bond motifs is 2. The van der Waals surface area contributed by atoms with Gasteiger partial charge in [-0.1, -0.05) is 32.0 Å². The number of carbonyl (C=O) groups is 1. The molecule has 1 saturated heterocycles. The van der Waals surface area contributed by atoms with E-state index in [-0.39, 0.29) is 59.7 Å². The molecule has 4 heterocycles. The van der Waals surface area contributed by atoms with E-state index < -0.39 is 57.1 Å². The lowest BCUT2D eigenvalue weighted by atomic mass is 9.98. The molecule has 1 N–H and O–H groups in total. The largest absolute Gasteiger partial charge is 0.507 e. The van der Waals surface area contributed by atoms with Gasteiger partial charge in [-0.15, -0.1) is 0 Å². The second-order valence-electron chi connectivity index (χ2n) is 11.5. The van der Waals surface area contributed by atoms with Crippen LogP contribution in [0.25, 0.3) is 27.7 Å². The third-order valence-corrected chi connectivity index (χ3v) is 8.69. The Labute approximate surface area is 261 Å². The number of anilines is 1. The number of phenolic OH excluding ortho intramolecular Hbond substituents is 1. The third kappa shape index (κ3) is 4.61. The SMILES string of the molecule is C=CC(=O)N1CC(C)N2c3nc(=O)n(-c4c(C)ccnc4C(C)C)c4c(F)c(-c5c(O)ccc(F)c5F)c(Cl)c(c34)OCC2C1. The Morgan fingerprint density at radius 2 is 1.91 bits per heavy atom. The van der Waals surface area contributed by atoms with Gasteiger partial charge in [-0.25, -0.2) is 18.0 Å². The number of hydrogen-bond acceptors (Lipinski definition) is 7. The average Bonchev–Trinajstić information content (AvgIpc) is 3.16. The summed E-state index contributed by atoms with van der Waals surface area (Å²) < 4.78 is 54.4. The fourth-order valence-corrected chi connectivity index (χ4v) is 6.69. The van der Waals surface area contributed by atoms with E-state index in [1.165, 1.54) is 6.08 Å². The summed E-state index contributed by atoms with van der Waals surface area (Å²) in [7, 11) is 0. The number of nitrogens with zero attached hydrogens (tertiary/aromatic N) is 5. The molecule has 45 heavy (non-hydrogen) atoms. The number of amides is 1. The van der Waals surface area contributed by atoms with Crippen molar-refractivity contribution in [1.82, 2.24) is 19.4 Å². The number of halogens is 4. The molecule has 1 amide bonds. The number of piperazine rings is 1. The maximum atomic E-state index is 17.3. The molecule has 9 nitrogen and oxygen atoms in total. The van der Waals surface area contributed by atoms with Crippen molar-refractivity contribution in [2.45, 2.75) is 45.7 Å². The Morgan fingerprint density at radius 3 is 2.60 bits per heavy atom. The van der Waals surface area contributed by atoms with Crippen LogP contribution in [0.15, 0.2) is 41.8 Å². The Bertz CT molecular complexity index is 1980. The maximum absolute atomic E-state index is 17.3. The van der Waals surface area contributed by atoms with Crippen LogP contribution in [0.3, 0.4) is 0 Å². The summed E-state index contributed by atoms with van der Waals surface area (Å²) in [6.45, 7) is 11.2. The molecule has 13 heteroatoms. The van der Waals surface area contributed by atoms with E-state index in [0.717, 1.165) is 10.6 Å². The topological polar surface area (TPSA) is 101 Å². The van der Waals surface area contributed by atoms with E-state index in [4.69, 9.17) is 16.3 Å². The van der Waals surface area contributed by atoms with Gasteiger partial charge in [0, 0.05) is 30.9 Å². The zero-order valence-corrected chi connectivity index (χ0v) is 25.6. The highest BCUT2D eigenvalue weighted by atomic mass is 35.5. The van der Waals surface area contributed by atoms with Gasteiger partial charge in [-0.3, -0.25) is 14.3 Å². The lowest BCUT2D eigenvalue weighted by Crippen LogP contribution is -2.61. The number of aryl methyl sites for hydroxylation is 1. The lowest BCUT2D eigenvalue weighted by molar-refractivity contribution is -0.127. The summed E-state index contributed by atoms with van der Waals surface area (Å²) in [5.41, 5.74) is -1.46. The second kappa shape index (κ2) is 11.1. The fourth-order valence-electron chi connectivity index (χ4n) is 6.36. The first-order chi connectivity index (χ1) is 21.4. The van der Waals surface area contributed by atoms with Gasteiger partial charge in [0.15, 0.2) is 23.2 Å². The van der Waals surface area contributed by atoms with Crippen LogP contribution >= 0.6 is 11.6 Å². The molecule has 6 rings (SSSR count). The Hall–Kier alpha value is -4.58. The van der Waals surface area contributed by atoms with Crippen LogP contribution in [0.4, 0.5) is 19.0 Å². The van der Waals surface area contributed by atoms with E-state index in [9.17, 15) is 19.1 Å². The molecule has 0 aliphatic carbocycles. The molecular weight excluding hydrogens is 611 g/mol. The first-order valence-electron chi connectivity index (χ1n) is 14.3. The van der Waals surface area contributed by atoms with Crippen LogP contribution < -0.4 is 15.3 Å². The highest BCUT2D eigenvalue weighted by Gasteiger charge is 2.41. The van der Waals surface area contributed by atoms with Crippen LogP contribution in [0, 0.1) is 24.4 Å². The smallest absolute Gasteiger partial charge is 0.354 e. The molecule has 0 bridgehead atoms. The monoisotopic (exact) mass is 639 g/mol. The molecule has 2 aromatic carbocycles. The number of rotatable bonds is 4. The van der Waals surface area contributed by atoms with Gasteiger partial charge in [0.2, 0.25) is 5.91 Å². The molecular formula is C32H29ClF3N5O4. The molecule has 0 spiro atoms. The molecule has 0 radical (unpaired) electrons. The lowest BCUT2D eigenvalue weighted by Gasteiger charge is -2.45. The van der Waals surface area contributed by atoms with Crippen LogP contribution in [-0.4, -0.2) is 62.2 Å². The normalized spacial score (nSPS) is 17.7. The number of ether oxygens (including phenoxy) is 1. The Balaban J connectivity index is 1.79. The predicted octanol–water partition coefficient (Wildman–Crippen LogP) is 5.64. The van der Waals surface area contributed by atoms with Gasteiger partial charge in [0.1, 0.15) is 23.7 Å². The number of carbonyl (C=O) groups excluding carboxylic acids is 1. The quantitative estimate of drug-likeness (QED) is 0.289. The molecule has 4 aromatic rings.